The van der Waals surface area contributed by atoms with Crippen LogP contribution >= 0.6 is 0 Å². The lowest BCUT2D eigenvalue weighted by Gasteiger charge is -2.11. The minimum Gasteiger partial charge on any atom is -0.393 e. The van der Waals surface area contributed by atoms with E-state index in [1.807, 2.05) is 6.92 Å². The molecule has 2 N–H and O–H groups in total. The second-order valence-electron chi connectivity index (χ2n) is 4.89. The third-order valence-electron chi connectivity index (χ3n) is 3.28. The van der Waals surface area contributed by atoms with Gasteiger partial charge in [-0.3, -0.25) is 4.79 Å². The Hall–Kier alpha value is -0.610. The number of hydrogen-bond acceptors (Lipinski definition) is 3. The molecule has 1 rings (SSSR count). The van der Waals surface area contributed by atoms with Crippen LogP contribution in [0.3, 0.4) is 0 Å². The number of carbonyl (C=O) groups is 1. The largest absolute Gasteiger partial charge is 0.393 e. The van der Waals surface area contributed by atoms with Crippen LogP contribution in [-0.4, -0.2) is 35.9 Å². The van der Waals surface area contributed by atoms with Crippen molar-refractivity contribution in [2.45, 2.75) is 70.7 Å². The van der Waals surface area contributed by atoms with E-state index in [-0.39, 0.29) is 18.1 Å². The first-order valence-corrected chi connectivity index (χ1v) is 6.72. The van der Waals surface area contributed by atoms with Crippen molar-refractivity contribution >= 4 is 5.91 Å². The highest BCUT2D eigenvalue weighted by Crippen LogP contribution is 2.22. The average molecular weight is 243 g/mol. The van der Waals surface area contributed by atoms with Crippen molar-refractivity contribution in [1.29, 1.82) is 0 Å². The number of nitrogens with one attached hydrogen (secondary N) is 1. The Morgan fingerprint density at radius 2 is 2.29 bits per heavy atom. The Bertz CT molecular complexity index is 233. The fraction of sp³-hybridized carbons (Fsp3) is 0.923. The Kier molecular flexibility index (Phi) is 6.52. The highest BCUT2D eigenvalue weighted by Gasteiger charge is 2.21. The SMILES string of the molecule is CCC(O)CCNC(=O)CCC1CCC(C)O1. The third kappa shape index (κ3) is 6.03. The van der Waals surface area contributed by atoms with Crippen molar-refractivity contribution in [2.75, 3.05) is 6.54 Å². The molecule has 0 spiro atoms. The smallest absolute Gasteiger partial charge is 0.220 e. The summed E-state index contributed by atoms with van der Waals surface area (Å²) in [5, 5.41) is 12.2. The summed E-state index contributed by atoms with van der Waals surface area (Å²) in [4.78, 5) is 11.5. The molecule has 1 aliphatic heterocycles. The van der Waals surface area contributed by atoms with Crippen LogP contribution in [0.5, 0.6) is 0 Å². The summed E-state index contributed by atoms with van der Waals surface area (Å²) in [5.74, 6) is 0.0662. The Morgan fingerprint density at radius 3 is 2.88 bits per heavy atom. The lowest BCUT2D eigenvalue weighted by molar-refractivity contribution is -0.121. The molecule has 1 aliphatic rings. The molecule has 0 saturated carbocycles. The molecule has 4 nitrogen and oxygen atoms in total. The molecule has 1 fully saturated rings. The maximum atomic E-state index is 11.5. The lowest BCUT2D eigenvalue weighted by atomic mass is 10.1. The molecule has 0 aromatic rings. The number of rotatable bonds is 7. The van der Waals surface area contributed by atoms with E-state index in [0.717, 1.165) is 25.7 Å². The molecular formula is C13H25NO3. The first-order chi connectivity index (χ1) is 8.11. The van der Waals surface area contributed by atoms with Gasteiger partial charge in [0, 0.05) is 13.0 Å². The van der Waals surface area contributed by atoms with Gasteiger partial charge in [-0.15, -0.1) is 0 Å². The summed E-state index contributed by atoms with van der Waals surface area (Å²) in [7, 11) is 0. The third-order valence-corrected chi connectivity index (χ3v) is 3.28. The van der Waals surface area contributed by atoms with Crippen molar-refractivity contribution in [2.24, 2.45) is 0 Å². The van der Waals surface area contributed by atoms with E-state index in [9.17, 15) is 9.90 Å². The van der Waals surface area contributed by atoms with E-state index in [4.69, 9.17) is 4.74 Å². The van der Waals surface area contributed by atoms with Crippen LogP contribution in [0.1, 0.15) is 52.4 Å². The Balaban J connectivity index is 2.01. The van der Waals surface area contributed by atoms with E-state index >= 15 is 0 Å². The zero-order valence-corrected chi connectivity index (χ0v) is 10.9. The van der Waals surface area contributed by atoms with Gasteiger partial charge in [-0.1, -0.05) is 6.92 Å². The molecule has 1 saturated heterocycles. The normalized spacial score (nSPS) is 25.8. The molecule has 0 bridgehead atoms. The van der Waals surface area contributed by atoms with Crippen LogP contribution < -0.4 is 5.32 Å². The monoisotopic (exact) mass is 243 g/mol. The van der Waals surface area contributed by atoms with E-state index in [2.05, 4.69) is 12.2 Å². The standard InChI is InChI=1S/C13H25NO3/c1-3-11(15)8-9-14-13(16)7-6-12-5-4-10(2)17-12/h10-12,15H,3-9H2,1-2H3,(H,14,16). The van der Waals surface area contributed by atoms with Gasteiger partial charge >= 0.3 is 0 Å². The average Bonchev–Trinajstić information content (AvgIpc) is 2.72. The number of aliphatic hydroxyl groups excluding tert-OH is 1. The van der Waals surface area contributed by atoms with Crippen LogP contribution in [0.15, 0.2) is 0 Å². The highest BCUT2D eigenvalue weighted by molar-refractivity contribution is 5.75. The molecule has 1 heterocycles. The maximum Gasteiger partial charge on any atom is 0.220 e. The van der Waals surface area contributed by atoms with Crippen LogP contribution in [0.25, 0.3) is 0 Å². The van der Waals surface area contributed by atoms with Crippen LogP contribution in [0, 0.1) is 0 Å². The van der Waals surface area contributed by atoms with Gasteiger partial charge in [-0.05, 0) is 39.0 Å². The predicted octanol–water partition coefficient (Wildman–Crippen LogP) is 1.61. The van der Waals surface area contributed by atoms with Gasteiger partial charge in [0.15, 0.2) is 0 Å². The number of ether oxygens (including phenoxy) is 1. The quantitative estimate of drug-likeness (QED) is 0.714. The molecule has 1 amide bonds. The number of hydrogen-bond donors (Lipinski definition) is 2. The number of aliphatic hydroxyl groups is 1. The fourth-order valence-corrected chi connectivity index (χ4v) is 2.06. The van der Waals surface area contributed by atoms with Crippen molar-refractivity contribution in [3.8, 4) is 0 Å². The first-order valence-electron chi connectivity index (χ1n) is 6.72. The van der Waals surface area contributed by atoms with Crippen molar-refractivity contribution < 1.29 is 14.6 Å². The number of carbonyl (C=O) groups excluding carboxylic acids is 1. The van der Waals surface area contributed by atoms with Gasteiger partial charge < -0.3 is 15.2 Å². The van der Waals surface area contributed by atoms with Gasteiger partial charge in [0.05, 0.1) is 18.3 Å². The minimum absolute atomic E-state index is 0.0662. The van der Waals surface area contributed by atoms with Crippen molar-refractivity contribution in [1.82, 2.24) is 5.32 Å². The highest BCUT2D eigenvalue weighted by atomic mass is 16.5. The second kappa shape index (κ2) is 7.67. The van der Waals surface area contributed by atoms with Gasteiger partial charge in [0.2, 0.25) is 5.91 Å². The van der Waals surface area contributed by atoms with Gasteiger partial charge in [-0.2, -0.15) is 0 Å². The van der Waals surface area contributed by atoms with E-state index in [1.54, 1.807) is 0 Å². The van der Waals surface area contributed by atoms with E-state index in [1.165, 1.54) is 0 Å². The molecule has 0 aromatic carbocycles. The predicted molar refractivity (Wildman–Crippen MR) is 66.7 cm³/mol. The molecular weight excluding hydrogens is 218 g/mol. The van der Waals surface area contributed by atoms with Crippen molar-refractivity contribution in [3.63, 3.8) is 0 Å². The molecule has 17 heavy (non-hydrogen) atoms. The Labute approximate surface area is 104 Å². The summed E-state index contributed by atoms with van der Waals surface area (Å²) < 4.78 is 5.65. The summed E-state index contributed by atoms with van der Waals surface area (Å²) in [5.41, 5.74) is 0. The molecule has 3 atom stereocenters. The van der Waals surface area contributed by atoms with Gasteiger partial charge in [-0.25, -0.2) is 0 Å². The van der Waals surface area contributed by atoms with Crippen LogP contribution in [0.4, 0.5) is 0 Å². The number of amides is 1. The minimum atomic E-state index is -0.297. The Morgan fingerprint density at radius 1 is 1.53 bits per heavy atom. The lowest BCUT2D eigenvalue weighted by Crippen LogP contribution is -2.27. The molecule has 4 heteroatoms. The first kappa shape index (κ1) is 14.5. The van der Waals surface area contributed by atoms with Crippen molar-refractivity contribution in [3.05, 3.63) is 0 Å². The topological polar surface area (TPSA) is 58.6 Å². The van der Waals surface area contributed by atoms with Crippen LogP contribution in [-0.2, 0) is 9.53 Å². The van der Waals surface area contributed by atoms with Crippen LogP contribution in [0.2, 0.25) is 0 Å². The van der Waals surface area contributed by atoms with Gasteiger partial charge in [0.25, 0.3) is 0 Å². The zero-order valence-electron chi connectivity index (χ0n) is 10.9. The maximum absolute atomic E-state index is 11.5. The van der Waals surface area contributed by atoms with E-state index in [0.29, 0.717) is 25.5 Å². The molecule has 3 unspecified atom stereocenters. The summed E-state index contributed by atoms with van der Waals surface area (Å²) >= 11 is 0. The zero-order chi connectivity index (χ0) is 12.7. The fourth-order valence-electron chi connectivity index (χ4n) is 2.06. The molecule has 0 radical (unpaired) electrons. The van der Waals surface area contributed by atoms with Gasteiger partial charge in [0.1, 0.15) is 0 Å². The molecule has 100 valence electrons. The summed E-state index contributed by atoms with van der Waals surface area (Å²) in [6.07, 6.45) is 5.21. The van der Waals surface area contributed by atoms with E-state index < -0.39 is 0 Å². The summed E-state index contributed by atoms with van der Waals surface area (Å²) in [6.45, 7) is 4.58. The second-order valence-corrected chi connectivity index (χ2v) is 4.89. The molecule has 0 aliphatic carbocycles. The summed E-state index contributed by atoms with van der Waals surface area (Å²) in [6, 6.07) is 0. The molecule has 0 aromatic heterocycles.